The summed E-state index contributed by atoms with van der Waals surface area (Å²) in [6.45, 7) is 21.6. The molecule has 7 aromatic rings. The van der Waals surface area contributed by atoms with Crippen molar-refractivity contribution in [3.05, 3.63) is 168 Å². The average molecular weight is 1110 g/mol. The number of halogens is 18. The van der Waals surface area contributed by atoms with E-state index in [-0.39, 0.29) is 43.8 Å². The lowest BCUT2D eigenvalue weighted by Crippen LogP contribution is -2.58. The summed E-state index contributed by atoms with van der Waals surface area (Å²) in [5.41, 5.74) is -18.7. The highest BCUT2D eigenvalue weighted by molar-refractivity contribution is 6.13. The van der Waals surface area contributed by atoms with Crippen LogP contribution in [0.5, 0.6) is 0 Å². The van der Waals surface area contributed by atoms with Gasteiger partial charge in [0.15, 0.2) is 0 Å². The Balaban J connectivity index is 0.000000192. The summed E-state index contributed by atoms with van der Waals surface area (Å²) in [6.07, 6.45) is 0. The molecule has 0 N–H and O–H groups in total. The van der Waals surface area contributed by atoms with E-state index >= 15 is 79.0 Å². The largest absolute Gasteiger partial charge is 0.304 e. The van der Waals surface area contributed by atoms with Crippen LogP contribution < -0.4 is 0 Å². The van der Waals surface area contributed by atoms with Gasteiger partial charge < -0.3 is 0 Å². The molecule has 0 aromatic heterocycles. The van der Waals surface area contributed by atoms with Gasteiger partial charge in [0.1, 0.15) is 34.9 Å². The molecular formula is C60H48F18. The summed E-state index contributed by atoms with van der Waals surface area (Å²) in [7, 11) is 0. The van der Waals surface area contributed by atoms with Gasteiger partial charge >= 0.3 is 35.5 Å². The van der Waals surface area contributed by atoms with Crippen molar-refractivity contribution < 1.29 is 79.0 Å². The van der Waals surface area contributed by atoms with Crippen molar-refractivity contribution in [1.82, 2.24) is 0 Å². The lowest BCUT2D eigenvalue weighted by Gasteiger charge is -2.50. The SMILES string of the molecule is Cc1c(C)c(C)c2c(F)c3c(F)c4c(F)c5c(C)c(C)c(C)c(C)c5c(F)c4c(F)c3c(F)c2c1C.Cc1c(C)c(C)c2c(c1C)C(F)(F)C1=C(C(F)(F)C3=C(C1(F)F)C(F)(F)c1c(C)c(C)c(C)c(C)c1C3(F)F)C2(F)F. The van der Waals surface area contributed by atoms with Crippen molar-refractivity contribution in [1.29, 1.82) is 0 Å². The highest BCUT2D eigenvalue weighted by atomic mass is 19.3. The topological polar surface area (TPSA) is 0 Å². The number of alkyl halides is 12. The first kappa shape index (κ1) is 56.5. The van der Waals surface area contributed by atoms with Crippen molar-refractivity contribution in [3.8, 4) is 0 Å². The van der Waals surface area contributed by atoms with Crippen molar-refractivity contribution >= 4 is 43.1 Å². The van der Waals surface area contributed by atoms with E-state index in [2.05, 4.69) is 0 Å². The van der Waals surface area contributed by atoms with Crippen LogP contribution in [0.2, 0.25) is 0 Å². The van der Waals surface area contributed by atoms with Crippen molar-refractivity contribution in [2.24, 2.45) is 0 Å². The Morgan fingerprint density at radius 1 is 0.167 bits per heavy atom. The van der Waals surface area contributed by atoms with Crippen LogP contribution in [0.15, 0.2) is 22.3 Å². The number of rotatable bonds is 0. The van der Waals surface area contributed by atoms with E-state index in [1.807, 2.05) is 0 Å². The lowest BCUT2D eigenvalue weighted by atomic mass is 9.61. The first-order valence-electron chi connectivity index (χ1n) is 24.4. The Morgan fingerprint density at radius 3 is 0.449 bits per heavy atom. The van der Waals surface area contributed by atoms with Gasteiger partial charge in [0, 0.05) is 43.8 Å². The highest BCUT2D eigenvalue weighted by Gasteiger charge is 2.79. The van der Waals surface area contributed by atoms with Crippen molar-refractivity contribution in [3.63, 3.8) is 0 Å². The Labute approximate surface area is 435 Å². The molecule has 18 heteroatoms. The van der Waals surface area contributed by atoms with E-state index in [0.717, 1.165) is 27.7 Å². The highest BCUT2D eigenvalue weighted by Crippen LogP contribution is 2.73. The number of aryl methyl sites for hydroxylation is 4. The monoisotopic (exact) mass is 1110 g/mol. The van der Waals surface area contributed by atoms with E-state index in [1.54, 1.807) is 55.4 Å². The number of allylic oxidation sites excluding steroid dienone is 4. The normalized spacial score (nSPS) is 18.4. The fourth-order valence-corrected chi connectivity index (χ4v) is 12.7. The van der Waals surface area contributed by atoms with Gasteiger partial charge in [0.25, 0.3) is 0 Å². The molecular weight excluding hydrogens is 1060 g/mol. The van der Waals surface area contributed by atoms with E-state index < -0.39 is 159 Å². The zero-order chi connectivity index (χ0) is 58.9. The smallest absolute Gasteiger partial charge is 0.206 e. The summed E-state index contributed by atoms with van der Waals surface area (Å²) >= 11 is 0. The van der Waals surface area contributed by atoms with E-state index in [1.165, 1.54) is 27.7 Å². The van der Waals surface area contributed by atoms with E-state index in [9.17, 15) is 0 Å². The van der Waals surface area contributed by atoms with Crippen molar-refractivity contribution in [2.75, 3.05) is 0 Å². The van der Waals surface area contributed by atoms with Gasteiger partial charge in [-0.3, -0.25) is 0 Å². The summed E-state index contributed by atoms with van der Waals surface area (Å²) < 4.78 is 290. The quantitative estimate of drug-likeness (QED) is 0.0807. The standard InChI is InChI=1S/C30H24F12.C30H24F6/c1-9-10(2)14(6)18-17(13(9)5)25(31,32)21-22(26(18,33)34)30(41,42)24-23(29(21,39)40)27(35,36)19-15(7)11(3)12(4)16(8)20(19)28(24,37)38;1-9-10(2)14(6)18-17(13(9)5)25(31)21-22(26(18)32)30(36)24-23(29(21)35)27(33)19-15(7)11(3)12(4)16(8)20(19)28(24)34/h1-8H3;1-8H3. The second-order valence-electron chi connectivity index (χ2n) is 21.3. The first-order chi connectivity index (χ1) is 35.5. The molecule has 0 bridgehead atoms. The van der Waals surface area contributed by atoms with Gasteiger partial charge in [0.2, 0.25) is 0 Å². The molecule has 0 nitrogen and oxygen atoms in total. The van der Waals surface area contributed by atoms with Crippen LogP contribution in [0.1, 0.15) is 111 Å². The number of benzene rings is 7. The molecule has 0 radical (unpaired) electrons. The zero-order valence-electron chi connectivity index (χ0n) is 44.8. The molecule has 3 aliphatic carbocycles. The fourth-order valence-electron chi connectivity index (χ4n) is 12.7. The molecule has 0 saturated heterocycles. The van der Waals surface area contributed by atoms with E-state index in [0.29, 0.717) is 44.5 Å². The van der Waals surface area contributed by atoms with Gasteiger partial charge in [0.05, 0.1) is 43.8 Å². The minimum Gasteiger partial charge on any atom is -0.206 e. The Bertz CT molecular complexity index is 3580. The number of hydrogen-bond donors (Lipinski definition) is 0. The third-order valence-electron chi connectivity index (χ3n) is 18.2. The Kier molecular flexibility index (Phi) is 12.1. The summed E-state index contributed by atoms with van der Waals surface area (Å²) in [4.78, 5) is 0. The van der Waals surface area contributed by atoms with E-state index in [4.69, 9.17) is 0 Å². The van der Waals surface area contributed by atoms with Gasteiger partial charge in [-0.15, -0.1) is 0 Å². The predicted octanol–water partition coefficient (Wildman–Crippen LogP) is 19.7. The maximum absolute atomic E-state index is 16.2. The van der Waals surface area contributed by atoms with Crippen LogP contribution >= 0.6 is 0 Å². The first-order valence-corrected chi connectivity index (χ1v) is 24.4. The van der Waals surface area contributed by atoms with Gasteiger partial charge in [-0.2, -0.15) is 52.7 Å². The molecule has 0 fully saturated rings. The van der Waals surface area contributed by atoms with Gasteiger partial charge in [-0.25, -0.2) is 26.3 Å². The van der Waals surface area contributed by atoms with Crippen LogP contribution in [-0.4, -0.2) is 11.8 Å². The molecule has 0 saturated carbocycles. The second kappa shape index (κ2) is 16.7. The maximum Gasteiger partial charge on any atom is 0.304 e. The molecule has 78 heavy (non-hydrogen) atoms. The molecule has 0 atom stereocenters. The average Bonchev–Trinajstić information content (AvgIpc) is 3.44. The van der Waals surface area contributed by atoms with Crippen LogP contribution in [0.3, 0.4) is 0 Å². The number of fused-ring (bicyclic) bond motifs is 6. The molecule has 0 spiro atoms. The van der Waals surface area contributed by atoms with Crippen LogP contribution in [0, 0.1) is 146 Å². The van der Waals surface area contributed by atoms with Crippen LogP contribution in [0.4, 0.5) is 79.0 Å². The molecule has 10 rings (SSSR count). The molecule has 3 aliphatic rings. The van der Waals surface area contributed by atoms with Gasteiger partial charge in [-0.1, -0.05) is 0 Å². The molecule has 0 aliphatic heterocycles. The maximum atomic E-state index is 16.2. The second-order valence-corrected chi connectivity index (χ2v) is 21.3. The molecule has 0 amide bonds. The number of hydrogen-bond acceptors (Lipinski definition) is 0. The lowest BCUT2D eigenvalue weighted by molar-refractivity contribution is -0.139. The van der Waals surface area contributed by atoms with Crippen LogP contribution in [-0.2, 0) is 23.7 Å². The molecule has 0 heterocycles. The molecule has 7 aromatic carbocycles. The Hall–Kier alpha value is -6.20. The summed E-state index contributed by atoms with van der Waals surface area (Å²) in [6, 6.07) is 0. The minimum absolute atomic E-state index is 0.0445. The molecule has 414 valence electrons. The molecule has 0 unspecified atom stereocenters. The summed E-state index contributed by atoms with van der Waals surface area (Å²) in [5.74, 6) is -41.4. The predicted molar refractivity (Wildman–Crippen MR) is 264 cm³/mol. The minimum atomic E-state index is -6.04. The Morgan fingerprint density at radius 2 is 0.295 bits per heavy atom. The van der Waals surface area contributed by atoms with Crippen molar-refractivity contribution in [2.45, 2.75) is 146 Å². The zero-order valence-corrected chi connectivity index (χ0v) is 44.8. The fraction of sp³-hybridized carbons (Fsp3) is 0.367. The third kappa shape index (κ3) is 6.48. The summed E-state index contributed by atoms with van der Waals surface area (Å²) in [5, 5.41) is -4.87. The van der Waals surface area contributed by atoms with Gasteiger partial charge in [-0.05, 0) is 200 Å². The van der Waals surface area contributed by atoms with Crippen LogP contribution in [0.25, 0.3) is 43.1 Å². The third-order valence-corrected chi connectivity index (χ3v) is 18.2.